The molecule has 0 unspecified atom stereocenters. The van der Waals surface area contributed by atoms with Gasteiger partial charge in [-0.05, 0) is 5.69 Å². The fourth-order valence-corrected chi connectivity index (χ4v) is 1.16. The van der Waals surface area contributed by atoms with Crippen molar-refractivity contribution in [2.45, 2.75) is 0 Å². The molecule has 3 nitrogen and oxygen atoms in total. The van der Waals surface area contributed by atoms with Crippen molar-refractivity contribution in [2.24, 2.45) is 0 Å². The first-order valence-electron chi connectivity index (χ1n) is 3.39. The predicted molar refractivity (Wildman–Crippen MR) is 44.4 cm³/mol. The number of ether oxygens (including phenoxy) is 1. The van der Waals surface area contributed by atoms with E-state index in [0.29, 0.717) is 16.5 Å². The fraction of sp³-hybridized carbons (Fsp3) is 0.125. The van der Waals surface area contributed by atoms with Gasteiger partial charge in [-0.15, -0.1) is 23.7 Å². The van der Waals surface area contributed by atoms with Crippen LogP contribution in [0.15, 0.2) is 12.1 Å². The molecular formula is C8H5ClNNaO2. The molecule has 0 saturated heterocycles. The van der Waals surface area contributed by atoms with E-state index >= 15 is 0 Å². The molecule has 0 saturated carbocycles. The van der Waals surface area contributed by atoms with E-state index in [2.05, 4.69) is 11.4 Å². The Balaban J connectivity index is 0.000000845. The van der Waals surface area contributed by atoms with Crippen molar-refractivity contribution in [1.82, 2.24) is 0 Å². The van der Waals surface area contributed by atoms with Gasteiger partial charge in [0.05, 0.1) is 0 Å². The second-order valence-electron chi connectivity index (χ2n) is 2.40. The van der Waals surface area contributed by atoms with Gasteiger partial charge in [0.15, 0.2) is 6.61 Å². The standard InChI is InChI=1S/C8H5ClNO2.Na/c9-5-1-2-7-6(3-5)10-8(11)4-12-7;/h2-3H,4H2,(H,10,11);/q-1;+1. The molecule has 1 aromatic carbocycles. The summed E-state index contributed by atoms with van der Waals surface area (Å²) in [7, 11) is 0. The van der Waals surface area contributed by atoms with Gasteiger partial charge in [0.1, 0.15) is 0 Å². The Morgan fingerprint density at radius 2 is 2.38 bits per heavy atom. The van der Waals surface area contributed by atoms with Crippen molar-refractivity contribution in [3.05, 3.63) is 23.2 Å². The smallest absolute Gasteiger partial charge is 0.540 e. The first kappa shape index (κ1) is 10.9. The van der Waals surface area contributed by atoms with E-state index < -0.39 is 0 Å². The Morgan fingerprint density at radius 3 is 3.15 bits per heavy atom. The summed E-state index contributed by atoms with van der Waals surface area (Å²) in [6.07, 6.45) is 0. The van der Waals surface area contributed by atoms with Gasteiger partial charge in [0.2, 0.25) is 0 Å². The van der Waals surface area contributed by atoms with E-state index in [1.807, 2.05) is 0 Å². The van der Waals surface area contributed by atoms with Gasteiger partial charge in [0.25, 0.3) is 5.91 Å². The molecule has 62 valence electrons. The Morgan fingerprint density at radius 1 is 1.62 bits per heavy atom. The average molecular weight is 206 g/mol. The normalized spacial score (nSPS) is 13.5. The zero-order chi connectivity index (χ0) is 8.55. The van der Waals surface area contributed by atoms with E-state index in [1.54, 1.807) is 12.1 Å². The van der Waals surface area contributed by atoms with Crippen LogP contribution >= 0.6 is 11.6 Å². The summed E-state index contributed by atoms with van der Waals surface area (Å²) in [6, 6.07) is 5.98. The second kappa shape index (κ2) is 4.33. The molecule has 2 rings (SSSR count). The molecule has 1 aromatic rings. The number of hydrogen-bond acceptors (Lipinski definition) is 2. The number of halogens is 1. The minimum atomic E-state index is -0.162. The third-order valence-electron chi connectivity index (χ3n) is 1.51. The third kappa shape index (κ3) is 2.38. The molecular weight excluding hydrogens is 201 g/mol. The largest absolute Gasteiger partial charge is 1.00 e. The van der Waals surface area contributed by atoms with Crippen molar-refractivity contribution >= 4 is 23.2 Å². The van der Waals surface area contributed by atoms with Gasteiger partial charge in [-0.3, -0.25) is 4.79 Å². The van der Waals surface area contributed by atoms with Crippen LogP contribution in [0.2, 0.25) is 5.02 Å². The summed E-state index contributed by atoms with van der Waals surface area (Å²) < 4.78 is 5.09. The Kier molecular flexibility index (Phi) is 3.62. The Labute approximate surface area is 103 Å². The summed E-state index contributed by atoms with van der Waals surface area (Å²) in [4.78, 5) is 10.8. The number of nitrogens with one attached hydrogen (secondary N) is 1. The van der Waals surface area contributed by atoms with Gasteiger partial charge >= 0.3 is 29.6 Å². The first-order chi connectivity index (χ1) is 5.75. The molecule has 0 bridgehead atoms. The topological polar surface area (TPSA) is 38.3 Å². The molecule has 0 aromatic heterocycles. The zero-order valence-corrected chi connectivity index (χ0v) is 9.81. The summed E-state index contributed by atoms with van der Waals surface area (Å²) in [5.74, 6) is 0.448. The van der Waals surface area contributed by atoms with E-state index in [0.717, 1.165) is 0 Å². The van der Waals surface area contributed by atoms with Crippen molar-refractivity contribution in [3.8, 4) is 5.75 Å². The van der Waals surface area contributed by atoms with E-state index in [9.17, 15) is 4.79 Å². The van der Waals surface area contributed by atoms with E-state index in [1.165, 1.54) is 0 Å². The maximum atomic E-state index is 10.8. The Hall–Kier alpha value is -0.220. The number of fused-ring (bicyclic) bond motifs is 1. The summed E-state index contributed by atoms with van der Waals surface area (Å²) in [5.41, 5.74) is 0.606. The number of amides is 1. The molecule has 1 amide bonds. The molecule has 1 aliphatic rings. The van der Waals surface area contributed by atoms with Crippen LogP contribution in [0.3, 0.4) is 0 Å². The zero-order valence-electron chi connectivity index (χ0n) is 7.06. The van der Waals surface area contributed by atoms with Gasteiger partial charge < -0.3 is 10.1 Å². The molecule has 1 N–H and O–H groups in total. The average Bonchev–Trinajstić information content (AvgIpc) is 2.03. The summed E-state index contributed by atoms with van der Waals surface area (Å²) in [5, 5.41) is 3.09. The van der Waals surface area contributed by atoms with Gasteiger partial charge in [-0.1, -0.05) is 5.02 Å². The molecule has 1 heterocycles. The second-order valence-corrected chi connectivity index (χ2v) is 2.80. The quantitative estimate of drug-likeness (QED) is 0.413. The first-order valence-corrected chi connectivity index (χ1v) is 3.77. The van der Waals surface area contributed by atoms with Crippen molar-refractivity contribution in [3.63, 3.8) is 0 Å². The van der Waals surface area contributed by atoms with Crippen LogP contribution in [0.1, 0.15) is 0 Å². The van der Waals surface area contributed by atoms with Gasteiger partial charge in [-0.25, -0.2) is 0 Å². The van der Waals surface area contributed by atoms with Crippen molar-refractivity contribution in [2.75, 3.05) is 11.9 Å². The molecule has 1 aliphatic heterocycles. The molecule has 0 aliphatic carbocycles. The van der Waals surface area contributed by atoms with Crippen molar-refractivity contribution in [1.29, 1.82) is 0 Å². The number of benzene rings is 1. The van der Waals surface area contributed by atoms with Crippen molar-refractivity contribution < 1.29 is 39.1 Å². The third-order valence-corrected chi connectivity index (χ3v) is 1.73. The van der Waals surface area contributed by atoms with Crippen LogP contribution in [0.4, 0.5) is 5.69 Å². The van der Waals surface area contributed by atoms with Crippen LogP contribution in [0.5, 0.6) is 5.75 Å². The molecule has 0 fully saturated rings. The van der Waals surface area contributed by atoms with E-state index in [-0.39, 0.29) is 42.1 Å². The SMILES string of the molecule is O=C1COc2c[c-]c(Cl)cc2N1.[Na+]. The number of anilines is 1. The summed E-state index contributed by atoms with van der Waals surface area (Å²) in [6.45, 7) is 0.0580. The minimum Gasteiger partial charge on any atom is -0.540 e. The number of rotatable bonds is 0. The monoisotopic (exact) mass is 205 g/mol. The number of hydrogen-bond donors (Lipinski definition) is 1. The Bertz CT molecular complexity index is 343. The van der Waals surface area contributed by atoms with Crippen LogP contribution in [0, 0.1) is 6.07 Å². The fourth-order valence-electron chi connectivity index (χ4n) is 0.998. The van der Waals surface area contributed by atoms with Crippen LogP contribution in [0.25, 0.3) is 0 Å². The van der Waals surface area contributed by atoms with Crippen LogP contribution in [-0.4, -0.2) is 12.5 Å². The molecule has 0 radical (unpaired) electrons. The van der Waals surface area contributed by atoms with Crippen LogP contribution in [-0.2, 0) is 4.79 Å². The number of carbonyl (C=O) groups excluding carboxylic acids is 1. The maximum Gasteiger partial charge on any atom is 1.00 e. The molecule has 13 heavy (non-hydrogen) atoms. The molecule has 0 atom stereocenters. The predicted octanol–water partition coefficient (Wildman–Crippen LogP) is -1.52. The number of carbonyl (C=O) groups is 1. The molecule has 5 heteroatoms. The minimum absolute atomic E-state index is 0. The summed E-state index contributed by atoms with van der Waals surface area (Å²) >= 11 is 5.66. The molecule has 0 spiro atoms. The van der Waals surface area contributed by atoms with Gasteiger partial charge in [-0.2, -0.15) is 6.07 Å². The maximum absolute atomic E-state index is 10.8. The van der Waals surface area contributed by atoms with Crippen LogP contribution < -0.4 is 39.6 Å². The van der Waals surface area contributed by atoms with Gasteiger partial charge in [0, 0.05) is 5.75 Å². The van der Waals surface area contributed by atoms with E-state index in [4.69, 9.17) is 16.3 Å².